The predicted octanol–water partition coefficient (Wildman–Crippen LogP) is 13.9. The van der Waals surface area contributed by atoms with E-state index in [1.54, 1.807) is 96.3 Å². The van der Waals surface area contributed by atoms with E-state index in [4.69, 9.17) is 19.3 Å². The zero-order chi connectivity index (χ0) is 37.0. The monoisotopic (exact) mass is 940 g/mol. The first-order valence-corrected chi connectivity index (χ1v) is 29.9. The Hall–Kier alpha value is -1.22. The minimum atomic E-state index is -1.89. The zero-order valence-electron chi connectivity index (χ0n) is 33.1. The minimum absolute atomic E-state index is 0.0465. The van der Waals surface area contributed by atoms with Crippen LogP contribution in [0.3, 0.4) is 0 Å². The van der Waals surface area contributed by atoms with E-state index >= 15 is 0 Å². The third-order valence-electron chi connectivity index (χ3n) is 11.9. The molecule has 52 heavy (non-hydrogen) atoms. The van der Waals surface area contributed by atoms with Crippen molar-refractivity contribution in [1.29, 1.82) is 0 Å². The number of hydrogen-bond acceptors (Lipinski definition) is 2. The van der Waals surface area contributed by atoms with Gasteiger partial charge in [-0.05, 0) is 141 Å². The molecule has 0 unspecified atom stereocenters. The van der Waals surface area contributed by atoms with Gasteiger partial charge in [0.05, 0.1) is 17.0 Å². The normalized spacial score (nSPS) is 19.1. The van der Waals surface area contributed by atoms with Crippen LogP contribution in [0.1, 0.15) is 135 Å². The molecule has 2 nitrogen and oxygen atoms in total. The maximum atomic E-state index is 5.70. The second kappa shape index (κ2) is 21.2. The Morgan fingerprint density at radius 1 is 0.558 bits per heavy atom. The summed E-state index contributed by atoms with van der Waals surface area (Å²) in [5, 5.41) is 0. The third-order valence-corrected chi connectivity index (χ3v) is 19.2. The average molecular weight is 940 g/mol. The van der Waals surface area contributed by atoms with Crippen molar-refractivity contribution in [3.05, 3.63) is 100 Å². The van der Waals surface area contributed by atoms with Gasteiger partial charge in [-0.1, -0.05) is 54.7 Å². The molecule has 4 fully saturated rings. The number of nitrogens with zero attached hydrogens (tertiary/aromatic N) is 2. The molecule has 3 saturated carbocycles. The summed E-state index contributed by atoms with van der Waals surface area (Å²) in [5.74, 6) is 0. The Kier molecular flexibility index (Phi) is 17.1. The Balaban J connectivity index is 0.000000162. The average Bonchev–Trinajstić information content (AvgIpc) is 3.58. The van der Waals surface area contributed by atoms with Gasteiger partial charge < -0.3 is 9.80 Å². The van der Waals surface area contributed by atoms with Gasteiger partial charge in [0.15, 0.2) is 0 Å². The van der Waals surface area contributed by atoms with Crippen molar-refractivity contribution in [2.24, 2.45) is 0 Å². The van der Waals surface area contributed by atoms with Gasteiger partial charge in [0.2, 0.25) is 0 Å². The van der Waals surface area contributed by atoms with Crippen molar-refractivity contribution >= 4 is 43.1 Å². The van der Waals surface area contributed by atoms with E-state index in [0.29, 0.717) is 0 Å². The van der Waals surface area contributed by atoms with Crippen molar-refractivity contribution in [2.45, 2.75) is 155 Å². The molecule has 0 aromatic heterocycles. The standard InChI is InChI=1S/C21H27N2.C18H33P.C7H6.2ClH.Os/c1-14-9-16(3)20(17(4)10-14)22-7-8-23(13-22)21-18(5)11-15(2)12-19(21)6;1-4-10-16(11-5-1)19(17-12-6-2-7-13-17)18-14-8-3-9-15-18;1-7-5-3-2-4-6-7;;;/h9-13H,7-8H2,1-6H3;16-18H,1-15H2;1-6H;2*1H;/q-1;;;;;+2/p-1. The number of rotatable bonds is 6. The van der Waals surface area contributed by atoms with Crippen LogP contribution in [0.5, 0.6) is 0 Å². The summed E-state index contributed by atoms with van der Waals surface area (Å²) in [5.41, 5.74) is 15.6. The molecule has 6 heteroatoms. The summed E-state index contributed by atoms with van der Waals surface area (Å²) in [7, 11) is 11.3. The Bertz CT molecular complexity index is 1420. The molecule has 0 amide bonds. The van der Waals surface area contributed by atoms with Crippen molar-refractivity contribution in [1.82, 2.24) is 0 Å². The fraction of sp³-hybridized carbons (Fsp3) is 0.565. The number of halogens is 2. The second-order valence-electron chi connectivity index (χ2n) is 16.2. The van der Waals surface area contributed by atoms with Crippen molar-refractivity contribution in [3.63, 3.8) is 0 Å². The van der Waals surface area contributed by atoms with Crippen LogP contribution in [-0.2, 0) is 13.8 Å². The van der Waals surface area contributed by atoms with Gasteiger partial charge in [-0.2, -0.15) is 6.67 Å². The first-order chi connectivity index (χ1) is 25.1. The van der Waals surface area contributed by atoms with E-state index in [2.05, 4.69) is 82.3 Å². The summed E-state index contributed by atoms with van der Waals surface area (Å²) in [4.78, 5) is 4.81. The fourth-order valence-electron chi connectivity index (χ4n) is 10.0. The van der Waals surface area contributed by atoms with E-state index in [1.807, 2.05) is 34.9 Å². The molecule has 3 aromatic carbocycles. The van der Waals surface area contributed by atoms with E-state index in [9.17, 15) is 0 Å². The molecular formula is C46H67Cl2N2OsP. The van der Waals surface area contributed by atoms with Crippen LogP contribution in [0.15, 0.2) is 54.6 Å². The number of hydrogen-bond donors (Lipinski definition) is 0. The fourth-order valence-corrected chi connectivity index (χ4v) is 17.8. The van der Waals surface area contributed by atoms with Gasteiger partial charge in [0, 0.05) is 32.4 Å². The molecule has 1 heterocycles. The molecule has 288 valence electrons. The third kappa shape index (κ3) is 12.1. The molecule has 0 radical (unpaired) electrons. The quantitative estimate of drug-likeness (QED) is 0.179. The van der Waals surface area contributed by atoms with E-state index in [-0.39, 0.29) is 7.92 Å². The summed E-state index contributed by atoms with van der Waals surface area (Å²) in [6.45, 7) is 17.6. The van der Waals surface area contributed by atoms with Crippen LogP contribution in [-0.4, -0.2) is 34.6 Å². The van der Waals surface area contributed by atoms with Crippen LogP contribution in [0, 0.1) is 48.2 Å². The Morgan fingerprint density at radius 2 is 0.904 bits per heavy atom. The Labute approximate surface area is 332 Å². The summed E-state index contributed by atoms with van der Waals surface area (Å²) in [6.07, 6.45) is 23.8. The maximum absolute atomic E-state index is 5.70. The molecular weight excluding hydrogens is 873 g/mol. The summed E-state index contributed by atoms with van der Waals surface area (Å²) >= 11 is -1.89. The predicted molar refractivity (Wildman–Crippen MR) is 233 cm³/mol. The first-order valence-electron chi connectivity index (χ1n) is 20.4. The van der Waals surface area contributed by atoms with Crippen LogP contribution in [0.25, 0.3) is 0 Å². The van der Waals surface area contributed by atoms with Gasteiger partial charge in [-0.3, -0.25) is 0 Å². The Morgan fingerprint density at radius 3 is 1.23 bits per heavy atom. The van der Waals surface area contributed by atoms with Crippen LogP contribution in [0.4, 0.5) is 11.4 Å². The van der Waals surface area contributed by atoms with Gasteiger partial charge in [0.1, 0.15) is 0 Å². The molecule has 3 aliphatic carbocycles. The number of benzene rings is 3. The van der Waals surface area contributed by atoms with Crippen LogP contribution >= 0.6 is 27.2 Å². The van der Waals surface area contributed by atoms with E-state index in [0.717, 1.165) is 18.7 Å². The molecule has 0 spiro atoms. The van der Waals surface area contributed by atoms with E-state index in [1.165, 1.54) is 61.7 Å². The molecule has 0 atom stereocenters. The summed E-state index contributed by atoms with van der Waals surface area (Å²) < 4.78 is 1.96. The second-order valence-corrected chi connectivity index (χ2v) is 27.7. The molecule has 3 aromatic rings. The van der Waals surface area contributed by atoms with Crippen LogP contribution in [0.2, 0.25) is 0 Å². The van der Waals surface area contributed by atoms with Gasteiger partial charge in [0.25, 0.3) is 0 Å². The van der Waals surface area contributed by atoms with Crippen molar-refractivity contribution in [2.75, 3.05) is 22.9 Å². The van der Waals surface area contributed by atoms with E-state index < -0.39 is 13.8 Å². The first kappa shape index (κ1) is 41.9. The molecule has 1 saturated heterocycles. The zero-order valence-corrected chi connectivity index (χ0v) is 38.2. The molecule has 1 aliphatic heterocycles. The van der Waals surface area contributed by atoms with Gasteiger partial charge in [-0.15, -0.1) is 0 Å². The summed E-state index contributed by atoms with van der Waals surface area (Å²) in [6, 6.07) is 19.0. The van der Waals surface area contributed by atoms with Crippen molar-refractivity contribution in [3.8, 4) is 0 Å². The number of aryl methyl sites for hydroxylation is 6. The number of anilines is 2. The molecule has 0 N–H and O–H groups in total. The van der Waals surface area contributed by atoms with Gasteiger partial charge >= 0.3 is 73.5 Å². The van der Waals surface area contributed by atoms with Crippen molar-refractivity contribution < 1.29 is 13.8 Å². The molecule has 4 aliphatic rings. The molecule has 0 bridgehead atoms. The van der Waals surface area contributed by atoms with Crippen LogP contribution < -0.4 is 9.80 Å². The topological polar surface area (TPSA) is 6.48 Å². The molecule has 7 rings (SSSR count). The van der Waals surface area contributed by atoms with Gasteiger partial charge in [-0.25, -0.2) is 0 Å². The SMILES string of the molecule is C1CCC([PH+](C2CCCCC2)C2CCCCC2)CC1.Cc1cc(C)c(N2[CH-]N(c3c(C)cc(C)cc3C)CC2)c(C)c1.[Cl][Os]([Cl])=[CH]c1ccccc1.